The third kappa shape index (κ3) is 3.93. The topological polar surface area (TPSA) is 86.6 Å². The first-order chi connectivity index (χ1) is 11.2. The van der Waals surface area contributed by atoms with E-state index < -0.39 is 24.0 Å². The van der Waals surface area contributed by atoms with Crippen LogP contribution in [0.2, 0.25) is 0 Å². The van der Waals surface area contributed by atoms with E-state index in [4.69, 9.17) is 28.8 Å². The minimum atomic E-state index is -0.717. The van der Waals surface area contributed by atoms with Crippen LogP contribution in [0.1, 0.15) is 53.4 Å². The summed E-state index contributed by atoms with van der Waals surface area (Å²) in [5, 5.41) is 18.9. The van der Waals surface area contributed by atoms with Crippen molar-refractivity contribution in [1.82, 2.24) is 0 Å². The van der Waals surface area contributed by atoms with E-state index in [9.17, 15) is 5.11 Å². The minimum absolute atomic E-state index is 0.0941. The lowest BCUT2D eigenvalue weighted by Gasteiger charge is -2.37. The summed E-state index contributed by atoms with van der Waals surface area (Å²) in [5.41, 5.74) is 0. The van der Waals surface area contributed by atoms with E-state index in [0.29, 0.717) is 25.7 Å². The Morgan fingerprint density at radius 2 is 1.50 bits per heavy atom. The Morgan fingerprint density at radius 3 is 2.21 bits per heavy atom. The Kier molecular flexibility index (Phi) is 5.24. The van der Waals surface area contributed by atoms with E-state index >= 15 is 0 Å². The molecule has 3 fully saturated rings. The molecule has 0 radical (unpaired) electrons. The molecule has 0 aromatic rings. The van der Waals surface area contributed by atoms with E-state index in [1.165, 1.54) is 0 Å². The Labute approximate surface area is 143 Å². The van der Waals surface area contributed by atoms with Crippen molar-refractivity contribution in [2.45, 2.75) is 102 Å². The van der Waals surface area contributed by atoms with Crippen molar-refractivity contribution in [1.29, 1.82) is 0 Å². The summed E-state index contributed by atoms with van der Waals surface area (Å²) in [6.07, 6.45) is 0.424. The van der Waals surface area contributed by atoms with E-state index in [0.717, 1.165) is 0 Å². The zero-order valence-corrected chi connectivity index (χ0v) is 14.9. The van der Waals surface area contributed by atoms with Crippen molar-refractivity contribution in [3.8, 4) is 0 Å². The second kappa shape index (κ2) is 6.79. The molecule has 2 N–H and O–H groups in total. The summed E-state index contributed by atoms with van der Waals surface area (Å²) in [5.74, 6) is -1.41. The number of rotatable bonds is 6. The van der Waals surface area contributed by atoms with E-state index in [1.54, 1.807) is 0 Å². The summed E-state index contributed by atoms with van der Waals surface area (Å²) in [7, 11) is 0. The standard InChI is InChI=1S/C17H30O7/c1-16(2)21-12-11(8-7-10(19)6-5-9-18)20-15-14(13(12)22-16)23-17(3,4)24-15/h10-15,18-19H,5-9H2,1-4H3/t10?,11-,12+,13+,14-,15-/m1/s1. The minimum Gasteiger partial charge on any atom is -0.396 e. The van der Waals surface area contributed by atoms with E-state index in [-0.39, 0.29) is 31.0 Å². The van der Waals surface area contributed by atoms with Crippen LogP contribution in [0.5, 0.6) is 0 Å². The fourth-order valence-corrected chi connectivity index (χ4v) is 3.75. The van der Waals surface area contributed by atoms with Crippen LogP contribution in [0.3, 0.4) is 0 Å². The van der Waals surface area contributed by atoms with E-state index in [2.05, 4.69) is 0 Å². The molecule has 3 heterocycles. The molecule has 3 aliphatic rings. The van der Waals surface area contributed by atoms with Crippen LogP contribution in [0.25, 0.3) is 0 Å². The SMILES string of the molecule is CC1(C)O[C@H]2[C@@H](O1)[C@@H](CCC(O)CCCO)O[C@@H]1OC(C)(C)O[C@@H]12. The maximum atomic E-state index is 10.0. The highest BCUT2D eigenvalue weighted by Gasteiger charge is 2.60. The predicted octanol–water partition coefficient (Wildman–Crippen LogP) is 1.30. The fourth-order valence-electron chi connectivity index (χ4n) is 3.75. The molecular formula is C17H30O7. The van der Waals surface area contributed by atoms with Crippen LogP contribution in [0.4, 0.5) is 0 Å². The highest BCUT2D eigenvalue weighted by atomic mass is 16.9. The Balaban J connectivity index is 1.66. The summed E-state index contributed by atoms with van der Waals surface area (Å²) in [6.45, 7) is 7.58. The van der Waals surface area contributed by atoms with Gasteiger partial charge in [0, 0.05) is 6.61 Å². The molecule has 0 aliphatic carbocycles. The highest BCUT2D eigenvalue weighted by molar-refractivity contribution is 5.00. The largest absolute Gasteiger partial charge is 0.396 e. The maximum Gasteiger partial charge on any atom is 0.190 e. The van der Waals surface area contributed by atoms with Gasteiger partial charge in [-0.25, -0.2) is 0 Å². The Bertz CT molecular complexity index is 439. The quantitative estimate of drug-likeness (QED) is 0.749. The molecule has 6 atom stereocenters. The van der Waals surface area contributed by atoms with Crippen LogP contribution in [-0.4, -0.2) is 65.2 Å². The lowest BCUT2D eigenvalue weighted by molar-refractivity contribution is -0.235. The third-order valence-corrected chi connectivity index (χ3v) is 4.73. The Hall–Kier alpha value is -0.280. The number of hydrogen-bond acceptors (Lipinski definition) is 7. The first kappa shape index (κ1) is 18.5. The average molecular weight is 346 g/mol. The zero-order chi connectivity index (χ0) is 17.5. The van der Waals surface area contributed by atoms with Gasteiger partial charge in [0.1, 0.15) is 18.3 Å². The van der Waals surface area contributed by atoms with Crippen molar-refractivity contribution in [3.63, 3.8) is 0 Å². The molecular weight excluding hydrogens is 316 g/mol. The molecule has 0 aromatic heterocycles. The van der Waals surface area contributed by atoms with Gasteiger partial charge in [0.2, 0.25) is 0 Å². The molecule has 3 rings (SSSR count). The van der Waals surface area contributed by atoms with Gasteiger partial charge in [-0.2, -0.15) is 0 Å². The number of aliphatic hydroxyl groups excluding tert-OH is 2. The van der Waals surface area contributed by atoms with Crippen molar-refractivity contribution in [2.24, 2.45) is 0 Å². The first-order valence-electron chi connectivity index (χ1n) is 8.86. The van der Waals surface area contributed by atoms with Gasteiger partial charge in [0.05, 0.1) is 12.2 Å². The molecule has 7 nitrogen and oxygen atoms in total. The van der Waals surface area contributed by atoms with Crippen LogP contribution < -0.4 is 0 Å². The molecule has 7 heteroatoms. The molecule has 24 heavy (non-hydrogen) atoms. The predicted molar refractivity (Wildman–Crippen MR) is 84.1 cm³/mol. The summed E-state index contributed by atoms with van der Waals surface area (Å²) in [6, 6.07) is 0. The molecule has 0 aromatic carbocycles. The Morgan fingerprint density at radius 1 is 0.875 bits per heavy atom. The van der Waals surface area contributed by atoms with Crippen LogP contribution in [0.15, 0.2) is 0 Å². The van der Waals surface area contributed by atoms with Crippen LogP contribution >= 0.6 is 0 Å². The van der Waals surface area contributed by atoms with Gasteiger partial charge in [0.15, 0.2) is 17.9 Å². The van der Waals surface area contributed by atoms with Gasteiger partial charge in [-0.15, -0.1) is 0 Å². The summed E-state index contributed by atoms with van der Waals surface area (Å²) >= 11 is 0. The molecule has 3 saturated heterocycles. The first-order valence-corrected chi connectivity index (χ1v) is 8.86. The van der Waals surface area contributed by atoms with Crippen LogP contribution in [0, 0.1) is 0 Å². The van der Waals surface area contributed by atoms with Gasteiger partial charge >= 0.3 is 0 Å². The zero-order valence-electron chi connectivity index (χ0n) is 14.9. The third-order valence-electron chi connectivity index (χ3n) is 4.73. The van der Waals surface area contributed by atoms with Gasteiger partial charge in [-0.05, 0) is 53.4 Å². The second-order valence-corrected chi connectivity index (χ2v) is 7.80. The van der Waals surface area contributed by atoms with E-state index in [1.807, 2.05) is 27.7 Å². The number of ether oxygens (including phenoxy) is 5. The van der Waals surface area contributed by atoms with Crippen molar-refractivity contribution >= 4 is 0 Å². The lowest BCUT2D eigenvalue weighted by atomic mass is 9.94. The smallest absolute Gasteiger partial charge is 0.190 e. The molecule has 0 spiro atoms. The van der Waals surface area contributed by atoms with Gasteiger partial charge in [0.25, 0.3) is 0 Å². The fraction of sp³-hybridized carbons (Fsp3) is 1.00. The molecule has 0 amide bonds. The second-order valence-electron chi connectivity index (χ2n) is 7.80. The molecule has 3 aliphatic heterocycles. The average Bonchev–Trinajstić information content (AvgIpc) is 2.96. The molecule has 0 saturated carbocycles. The van der Waals surface area contributed by atoms with Crippen molar-refractivity contribution in [3.05, 3.63) is 0 Å². The summed E-state index contributed by atoms with van der Waals surface area (Å²) < 4.78 is 30.0. The summed E-state index contributed by atoms with van der Waals surface area (Å²) in [4.78, 5) is 0. The molecule has 140 valence electrons. The van der Waals surface area contributed by atoms with Gasteiger partial charge in [-0.1, -0.05) is 0 Å². The number of aliphatic hydroxyl groups is 2. The monoisotopic (exact) mass is 346 g/mol. The molecule has 0 bridgehead atoms. The van der Waals surface area contributed by atoms with Gasteiger partial charge < -0.3 is 33.9 Å². The number of hydrogen-bond donors (Lipinski definition) is 2. The maximum absolute atomic E-state index is 10.0. The van der Waals surface area contributed by atoms with Crippen LogP contribution in [-0.2, 0) is 23.7 Å². The normalized spacial score (nSPS) is 41.0. The molecule has 1 unspecified atom stereocenters. The van der Waals surface area contributed by atoms with Crippen molar-refractivity contribution in [2.75, 3.05) is 6.61 Å². The lowest BCUT2D eigenvalue weighted by Crippen LogP contribution is -2.55. The van der Waals surface area contributed by atoms with Crippen molar-refractivity contribution < 1.29 is 33.9 Å². The number of fused-ring (bicyclic) bond motifs is 3. The highest BCUT2D eigenvalue weighted by Crippen LogP contribution is 2.44. The van der Waals surface area contributed by atoms with Gasteiger partial charge in [-0.3, -0.25) is 0 Å².